The summed E-state index contributed by atoms with van der Waals surface area (Å²) >= 11 is 1.56. The lowest BCUT2D eigenvalue weighted by Gasteiger charge is -2.40. The van der Waals surface area contributed by atoms with E-state index in [0.29, 0.717) is 32.7 Å². The molecular weight excluding hydrogens is 623 g/mol. The fourth-order valence-electron chi connectivity index (χ4n) is 8.10. The number of ether oxygens (including phenoxy) is 1. The number of thioether (sulfide) groups is 1. The van der Waals surface area contributed by atoms with E-state index in [4.69, 9.17) is 4.74 Å². The molecule has 4 aliphatic heterocycles. The number of rotatable bonds is 9. The zero-order valence-electron chi connectivity index (χ0n) is 27.3. The standard InChI is InChI=1S/C39H41N3O5S/c1-3-47-31-18-16-29(17-19-31)41-23-10-20-38(2)32(35(41)44)33-36(45)42(30(26-43)24-27-12-6-4-7-13-27)34-37(46)40(22-11-21-39(33,34)48-38)25-28-14-8-5-9-15-28/h4-21,30,32-34,43H,3,22-26H2,1-2H3/t30-,32+,33+,34?,38-,39+/m1/s1. The number of hydrogen-bond donors (Lipinski definition) is 1. The zero-order valence-corrected chi connectivity index (χ0v) is 28.1. The minimum Gasteiger partial charge on any atom is -0.494 e. The number of benzene rings is 3. The summed E-state index contributed by atoms with van der Waals surface area (Å²) in [4.78, 5) is 50.0. The highest BCUT2D eigenvalue weighted by atomic mass is 32.2. The molecule has 1 N–H and O–H groups in total. The van der Waals surface area contributed by atoms with Gasteiger partial charge in [-0.1, -0.05) is 85.0 Å². The average molecular weight is 664 g/mol. The molecule has 1 unspecified atom stereocenters. The van der Waals surface area contributed by atoms with E-state index in [1.165, 1.54) is 0 Å². The Labute approximate surface area is 286 Å². The Hall–Kier alpha value is -4.34. The smallest absolute Gasteiger partial charge is 0.247 e. The largest absolute Gasteiger partial charge is 0.494 e. The summed E-state index contributed by atoms with van der Waals surface area (Å²) in [5.74, 6) is -1.39. The molecule has 1 spiro atoms. The minimum atomic E-state index is -1.01. The van der Waals surface area contributed by atoms with Crippen molar-refractivity contribution < 1.29 is 24.2 Å². The van der Waals surface area contributed by atoms with Gasteiger partial charge in [-0.2, -0.15) is 0 Å². The van der Waals surface area contributed by atoms with Gasteiger partial charge < -0.3 is 24.5 Å². The molecule has 0 radical (unpaired) electrons. The Balaban J connectivity index is 1.31. The van der Waals surface area contributed by atoms with Crippen molar-refractivity contribution in [3.63, 3.8) is 0 Å². The molecule has 0 bridgehead atoms. The van der Waals surface area contributed by atoms with Crippen LogP contribution in [0, 0.1) is 11.8 Å². The molecule has 0 aromatic heterocycles. The van der Waals surface area contributed by atoms with E-state index in [1.54, 1.807) is 26.5 Å². The maximum absolute atomic E-state index is 15.1. The van der Waals surface area contributed by atoms with Gasteiger partial charge in [0.05, 0.1) is 35.8 Å². The van der Waals surface area contributed by atoms with E-state index in [1.807, 2.05) is 117 Å². The summed E-state index contributed by atoms with van der Waals surface area (Å²) in [7, 11) is 0. The van der Waals surface area contributed by atoms with Crippen LogP contribution in [0.15, 0.2) is 109 Å². The monoisotopic (exact) mass is 663 g/mol. The molecule has 3 amide bonds. The number of aliphatic hydroxyl groups excluding tert-OH is 1. The van der Waals surface area contributed by atoms with E-state index in [-0.39, 0.29) is 24.3 Å². The first kappa shape index (κ1) is 32.2. The summed E-state index contributed by atoms with van der Waals surface area (Å²) in [5, 5.41) is 10.9. The van der Waals surface area contributed by atoms with Gasteiger partial charge in [0.25, 0.3) is 0 Å². The predicted molar refractivity (Wildman–Crippen MR) is 187 cm³/mol. The number of anilines is 1. The van der Waals surface area contributed by atoms with Gasteiger partial charge in [-0.3, -0.25) is 14.4 Å². The second-order valence-corrected chi connectivity index (χ2v) is 14.9. The first-order valence-corrected chi connectivity index (χ1v) is 17.5. The van der Waals surface area contributed by atoms with Gasteiger partial charge in [-0.05, 0) is 55.7 Å². The SMILES string of the molecule is CCOc1ccc(N2CC=C[C@@]3(C)S[C@]45C=CCN(Cc6ccccc6)C(=O)C4N([C@@H](CO)Cc4ccccc4)C(=O)[C@@H]5[C@H]3C2=O)cc1. The third kappa shape index (κ3) is 5.43. The molecule has 0 saturated carbocycles. The number of hydrogen-bond acceptors (Lipinski definition) is 6. The molecule has 7 rings (SSSR count). The van der Waals surface area contributed by atoms with Gasteiger partial charge in [0, 0.05) is 30.1 Å². The molecule has 2 saturated heterocycles. The van der Waals surface area contributed by atoms with Crippen LogP contribution in [-0.2, 0) is 27.3 Å². The highest BCUT2D eigenvalue weighted by Crippen LogP contribution is 2.66. The van der Waals surface area contributed by atoms with Crippen LogP contribution in [0.4, 0.5) is 5.69 Å². The van der Waals surface area contributed by atoms with Crippen LogP contribution in [0.5, 0.6) is 5.75 Å². The fourth-order valence-corrected chi connectivity index (χ4v) is 10.2. The highest BCUT2D eigenvalue weighted by molar-refractivity contribution is 8.02. The quantitative estimate of drug-likeness (QED) is 0.329. The second kappa shape index (κ2) is 12.9. The van der Waals surface area contributed by atoms with Crippen molar-refractivity contribution in [2.24, 2.45) is 11.8 Å². The number of amides is 3. The Morgan fingerprint density at radius 2 is 1.50 bits per heavy atom. The van der Waals surface area contributed by atoms with Crippen molar-refractivity contribution in [2.45, 2.75) is 48.4 Å². The Kier molecular flexibility index (Phi) is 8.68. The first-order valence-electron chi connectivity index (χ1n) is 16.7. The lowest BCUT2D eigenvalue weighted by molar-refractivity contribution is -0.146. The molecular formula is C39H41N3O5S. The Morgan fingerprint density at radius 1 is 0.833 bits per heavy atom. The van der Waals surface area contributed by atoms with E-state index < -0.39 is 33.4 Å². The van der Waals surface area contributed by atoms with E-state index >= 15 is 4.79 Å². The van der Waals surface area contributed by atoms with Gasteiger partial charge in [0.15, 0.2) is 0 Å². The van der Waals surface area contributed by atoms with Crippen molar-refractivity contribution in [3.05, 3.63) is 120 Å². The Bertz CT molecular complexity index is 1730. The maximum Gasteiger partial charge on any atom is 0.247 e. The van der Waals surface area contributed by atoms with Crippen LogP contribution >= 0.6 is 11.8 Å². The molecule has 4 heterocycles. The van der Waals surface area contributed by atoms with Crippen LogP contribution in [0.1, 0.15) is 25.0 Å². The number of aliphatic hydroxyl groups is 1. The van der Waals surface area contributed by atoms with Gasteiger partial charge in [0.2, 0.25) is 17.7 Å². The third-order valence-electron chi connectivity index (χ3n) is 10.2. The lowest BCUT2D eigenvalue weighted by atomic mass is 9.74. The molecule has 8 nitrogen and oxygen atoms in total. The number of carbonyl (C=O) groups is 3. The molecule has 0 aliphatic carbocycles. The third-order valence-corrected chi connectivity index (χ3v) is 12.0. The second-order valence-electron chi connectivity index (χ2n) is 13.2. The van der Waals surface area contributed by atoms with Gasteiger partial charge in [-0.25, -0.2) is 0 Å². The summed E-state index contributed by atoms with van der Waals surface area (Å²) in [6, 6.07) is 25.5. The normalized spacial score (nSPS) is 28.5. The topological polar surface area (TPSA) is 90.4 Å². The van der Waals surface area contributed by atoms with E-state index in [2.05, 4.69) is 6.08 Å². The molecule has 3 aromatic carbocycles. The number of nitrogens with zero attached hydrogens (tertiary/aromatic N) is 3. The van der Waals surface area contributed by atoms with Crippen LogP contribution in [0.3, 0.4) is 0 Å². The first-order chi connectivity index (χ1) is 23.3. The molecule has 248 valence electrons. The molecule has 6 atom stereocenters. The number of fused-ring (bicyclic) bond motifs is 2. The van der Waals surface area contributed by atoms with Gasteiger partial charge in [-0.15, -0.1) is 11.8 Å². The van der Waals surface area contributed by atoms with Gasteiger partial charge >= 0.3 is 0 Å². The van der Waals surface area contributed by atoms with Crippen molar-refractivity contribution in [1.29, 1.82) is 0 Å². The fraction of sp³-hybridized carbons (Fsp3) is 0.359. The molecule has 3 aromatic rings. The van der Waals surface area contributed by atoms with Crippen LogP contribution in [0.2, 0.25) is 0 Å². The number of likely N-dealkylation sites (tertiary alicyclic amines) is 1. The summed E-state index contributed by atoms with van der Waals surface area (Å²) in [6.45, 7) is 5.32. The summed E-state index contributed by atoms with van der Waals surface area (Å²) < 4.78 is 3.88. The van der Waals surface area contributed by atoms with Crippen LogP contribution in [-0.4, -0.2) is 80.5 Å². The minimum absolute atomic E-state index is 0.148. The molecule has 4 aliphatic rings. The van der Waals surface area contributed by atoms with Crippen molar-refractivity contribution in [2.75, 3.05) is 31.2 Å². The van der Waals surface area contributed by atoms with Crippen molar-refractivity contribution in [1.82, 2.24) is 9.80 Å². The van der Waals surface area contributed by atoms with Crippen molar-refractivity contribution in [3.8, 4) is 5.75 Å². The Morgan fingerprint density at radius 3 is 2.17 bits per heavy atom. The predicted octanol–water partition coefficient (Wildman–Crippen LogP) is 4.88. The maximum atomic E-state index is 15.1. The summed E-state index contributed by atoms with van der Waals surface area (Å²) in [6.07, 6.45) is 8.49. The molecule has 48 heavy (non-hydrogen) atoms. The summed E-state index contributed by atoms with van der Waals surface area (Å²) in [5.41, 5.74) is 2.67. The molecule has 9 heteroatoms. The lowest BCUT2D eigenvalue weighted by Crippen LogP contribution is -2.57. The van der Waals surface area contributed by atoms with E-state index in [9.17, 15) is 14.7 Å². The molecule has 2 fully saturated rings. The van der Waals surface area contributed by atoms with Crippen LogP contribution < -0.4 is 9.64 Å². The van der Waals surface area contributed by atoms with E-state index in [0.717, 1.165) is 22.6 Å². The average Bonchev–Trinajstić information content (AvgIpc) is 3.38. The zero-order chi connectivity index (χ0) is 33.5. The van der Waals surface area contributed by atoms with Crippen LogP contribution in [0.25, 0.3) is 0 Å². The number of carbonyl (C=O) groups excluding carboxylic acids is 3. The highest BCUT2D eigenvalue weighted by Gasteiger charge is 2.74. The van der Waals surface area contributed by atoms with Gasteiger partial charge in [0.1, 0.15) is 11.8 Å². The van der Waals surface area contributed by atoms with Crippen molar-refractivity contribution >= 4 is 35.2 Å².